The summed E-state index contributed by atoms with van der Waals surface area (Å²) < 4.78 is 24.1. The van der Waals surface area contributed by atoms with Crippen LogP contribution in [0.1, 0.15) is 24.0 Å². The molecule has 7 heteroatoms. The first-order valence-corrected chi connectivity index (χ1v) is 8.17. The van der Waals surface area contributed by atoms with Gasteiger partial charge in [-0.25, -0.2) is 9.40 Å². The van der Waals surface area contributed by atoms with Crippen LogP contribution in [-0.4, -0.2) is 23.2 Å². The summed E-state index contributed by atoms with van der Waals surface area (Å²) in [6, 6.07) is 12.8. The van der Waals surface area contributed by atoms with Gasteiger partial charge in [0, 0.05) is 12.1 Å². The molecule has 0 bridgehead atoms. The molecule has 4 rings (SSSR count). The van der Waals surface area contributed by atoms with Crippen molar-refractivity contribution in [1.82, 2.24) is 5.01 Å². The van der Waals surface area contributed by atoms with Crippen molar-refractivity contribution in [2.24, 2.45) is 5.10 Å². The summed E-state index contributed by atoms with van der Waals surface area (Å²) in [5.41, 5.74) is 1.21. The fraction of sp³-hybridized carbons (Fsp3) is 0.158. The average molecular weight is 353 g/mol. The van der Waals surface area contributed by atoms with Crippen LogP contribution < -0.4 is 5.32 Å². The minimum absolute atomic E-state index is 0.0183. The molecule has 3 aromatic rings. The Hall–Kier alpha value is -3.35. The summed E-state index contributed by atoms with van der Waals surface area (Å²) in [4.78, 5) is 12.7. The van der Waals surface area contributed by atoms with Crippen molar-refractivity contribution in [1.29, 1.82) is 0 Å². The molecule has 0 saturated carbocycles. The molecule has 2 aromatic heterocycles. The number of anilines is 1. The third kappa shape index (κ3) is 3.23. The molecule has 1 aromatic carbocycles. The summed E-state index contributed by atoms with van der Waals surface area (Å²) in [5, 5.41) is 8.75. The molecule has 0 aliphatic carbocycles. The lowest BCUT2D eigenvalue weighted by Gasteiger charge is -2.20. The van der Waals surface area contributed by atoms with E-state index in [0.29, 0.717) is 29.3 Å². The topological polar surface area (TPSA) is 71.0 Å². The van der Waals surface area contributed by atoms with Crippen LogP contribution in [-0.2, 0) is 4.79 Å². The molecule has 0 unspecified atom stereocenters. The van der Waals surface area contributed by atoms with Gasteiger partial charge in [-0.05, 0) is 42.5 Å². The molecule has 0 radical (unpaired) electrons. The van der Waals surface area contributed by atoms with E-state index in [1.54, 1.807) is 42.9 Å². The summed E-state index contributed by atoms with van der Waals surface area (Å²) >= 11 is 0. The third-order valence-electron chi connectivity index (χ3n) is 4.11. The van der Waals surface area contributed by atoms with E-state index in [0.717, 1.165) is 0 Å². The van der Waals surface area contributed by atoms with Gasteiger partial charge in [0.15, 0.2) is 0 Å². The highest BCUT2D eigenvalue weighted by atomic mass is 19.1. The lowest BCUT2D eigenvalue weighted by molar-refractivity contribution is -0.131. The number of hydrogen-bond donors (Lipinski definition) is 1. The van der Waals surface area contributed by atoms with E-state index < -0.39 is 0 Å². The van der Waals surface area contributed by atoms with Gasteiger partial charge in [-0.3, -0.25) is 4.79 Å². The van der Waals surface area contributed by atoms with Gasteiger partial charge in [0.2, 0.25) is 0 Å². The molecule has 3 heterocycles. The molecular formula is C19H16FN3O3. The molecule has 1 N–H and O–H groups in total. The van der Waals surface area contributed by atoms with Crippen LogP contribution in [0.5, 0.6) is 0 Å². The molecule has 1 aliphatic rings. The van der Waals surface area contributed by atoms with Crippen molar-refractivity contribution < 1.29 is 18.0 Å². The molecule has 0 spiro atoms. The summed E-state index contributed by atoms with van der Waals surface area (Å²) in [5.74, 6) is 0.650. The van der Waals surface area contributed by atoms with Crippen LogP contribution in [0.25, 0.3) is 0 Å². The number of hydrazone groups is 1. The van der Waals surface area contributed by atoms with E-state index in [1.165, 1.54) is 17.1 Å². The molecule has 6 nitrogen and oxygen atoms in total. The minimum Gasteiger partial charge on any atom is -0.467 e. The van der Waals surface area contributed by atoms with Gasteiger partial charge in [0.25, 0.3) is 5.91 Å². The lowest BCUT2D eigenvalue weighted by Crippen LogP contribution is -2.32. The molecule has 132 valence electrons. The first-order chi connectivity index (χ1) is 12.7. The van der Waals surface area contributed by atoms with Crippen molar-refractivity contribution in [2.75, 3.05) is 11.9 Å². The molecule has 1 amide bonds. The predicted octanol–water partition coefficient (Wildman–Crippen LogP) is 3.80. The number of nitrogens with one attached hydrogen (secondary N) is 1. The molecule has 0 saturated heterocycles. The smallest absolute Gasteiger partial charge is 0.262 e. The van der Waals surface area contributed by atoms with Crippen molar-refractivity contribution in [3.8, 4) is 0 Å². The maximum Gasteiger partial charge on any atom is 0.262 e. The van der Waals surface area contributed by atoms with Gasteiger partial charge in [-0.15, -0.1) is 0 Å². The Morgan fingerprint density at radius 1 is 1.19 bits per heavy atom. The number of amides is 1. The number of nitrogens with zero attached hydrogens (tertiary/aromatic N) is 2. The van der Waals surface area contributed by atoms with Crippen molar-refractivity contribution >= 4 is 17.3 Å². The van der Waals surface area contributed by atoms with Gasteiger partial charge in [0.1, 0.15) is 29.1 Å². The average Bonchev–Trinajstić information content (AvgIpc) is 3.40. The van der Waals surface area contributed by atoms with Gasteiger partial charge < -0.3 is 14.2 Å². The van der Waals surface area contributed by atoms with Crippen LogP contribution in [0.4, 0.5) is 10.1 Å². The van der Waals surface area contributed by atoms with E-state index in [-0.39, 0.29) is 24.3 Å². The van der Waals surface area contributed by atoms with E-state index in [4.69, 9.17) is 8.83 Å². The maximum absolute atomic E-state index is 13.3. The molecule has 1 aliphatic heterocycles. The zero-order valence-corrected chi connectivity index (χ0v) is 13.8. The third-order valence-corrected chi connectivity index (χ3v) is 4.11. The van der Waals surface area contributed by atoms with Gasteiger partial charge in [-0.2, -0.15) is 5.10 Å². The zero-order chi connectivity index (χ0) is 17.9. The molecule has 1 atom stereocenters. The van der Waals surface area contributed by atoms with Crippen molar-refractivity contribution in [3.05, 3.63) is 78.4 Å². The number of carbonyl (C=O) groups excluding carboxylic acids is 1. The van der Waals surface area contributed by atoms with E-state index in [2.05, 4.69) is 10.4 Å². The molecular weight excluding hydrogens is 337 g/mol. The highest BCUT2D eigenvalue weighted by molar-refractivity contribution is 6.01. The summed E-state index contributed by atoms with van der Waals surface area (Å²) in [6.07, 6.45) is 3.62. The fourth-order valence-electron chi connectivity index (χ4n) is 2.89. The quantitative estimate of drug-likeness (QED) is 0.757. The highest BCUT2D eigenvalue weighted by Crippen LogP contribution is 2.33. The van der Waals surface area contributed by atoms with E-state index >= 15 is 0 Å². The normalized spacial score (nSPS) is 16.6. The largest absolute Gasteiger partial charge is 0.467 e. The number of halogens is 1. The number of hydrogen-bond acceptors (Lipinski definition) is 5. The predicted molar refractivity (Wildman–Crippen MR) is 93.0 cm³/mol. The standard InChI is InChI=1S/C19H16FN3O3/c20-13-4-1-5-14(10-13)21-12-19(24)23-16(18-7-3-9-26-18)11-15(22-23)17-6-2-8-25-17/h1-10,16,21H,11-12H2/t16-/m1/s1. The SMILES string of the molecule is O=C(CNc1cccc(F)c1)N1N=C(c2ccco2)C[C@@H]1c1ccco1. The Labute approximate surface area is 148 Å². The fourth-order valence-corrected chi connectivity index (χ4v) is 2.89. The Kier molecular flexibility index (Phi) is 4.27. The van der Waals surface area contributed by atoms with Crippen LogP contribution in [0, 0.1) is 5.82 Å². The monoisotopic (exact) mass is 353 g/mol. The lowest BCUT2D eigenvalue weighted by atomic mass is 10.1. The Balaban J connectivity index is 1.53. The number of furan rings is 2. The minimum atomic E-state index is -0.366. The van der Waals surface area contributed by atoms with Gasteiger partial charge >= 0.3 is 0 Å². The second kappa shape index (κ2) is 6.87. The molecule has 26 heavy (non-hydrogen) atoms. The Morgan fingerprint density at radius 2 is 2.04 bits per heavy atom. The van der Waals surface area contributed by atoms with Crippen LogP contribution in [0.3, 0.4) is 0 Å². The number of carbonyl (C=O) groups is 1. The van der Waals surface area contributed by atoms with Crippen molar-refractivity contribution in [3.63, 3.8) is 0 Å². The second-order valence-corrected chi connectivity index (χ2v) is 5.86. The maximum atomic E-state index is 13.3. The van der Waals surface area contributed by atoms with E-state index in [1.807, 2.05) is 6.07 Å². The van der Waals surface area contributed by atoms with E-state index in [9.17, 15) is 9.18 Å². The summed E-state index contributed by atoms with van der Waals surface area (Å²) in [7, 11) is 0. The Morgan fingerprint density at radius 3 is 2.77 bits per heavy atom. The summed E-state index contributed by atoms with van der Waals surface area (Å²) in [6.45, 7) is -0.0183. The van der Waals surface area contributed by atoms with Gasteiger partial charge in [-0.1, -0.05) is 6.07 Å². The molecule has 0 fully saturated rings. The number of benzene rings is 1. The number of rotatable bonds is 5. The van der Waals surface area contributed by atoms with Crippen LogP contribution >= 0.6 is 0 Å². The first kappa shape index (κ1) is 16.1. The zero-order valence-electron chi connectivity index (χ0n) is 13.8. The highest BCUT2D eigenvalue weighted by Gasteiger charge is 2.35. The van der Waals surface area contributed by atoms with Crippen LogP contribution in [0.2, 0.25) is 0 Å². The first-order valence-electron chi connectivity index (χ1n) is 8.17. The Bertz CT molecular complexity index is 919. The van der Waals surface area contributed by atoms with Crippen molar-refractivity contribution in [2.45, 2.75) is 12.5 Å². The second-order valence-electron chi connectivity index (χ2n) is 5.86. The van der Waals surface area contributed by atoms with Gasteiger partial charge in [0.05, 0.1) is 19.1 Å². The van der Waals surface area contributed by atoms with Crippen LogP contribution in [0.15, 0.2) is 75.0 Å².